The predicted octanol–water partition coefficient (Wildman–Crippen LogP) is 1.39. The van der Waals surface area contributed by atoms with Crippen molar-refractivity contribution in [2.75, 3.05) is 13.3 Å². The van der Waals surface area contributed by atoms with Crippen LogP contribution >= 0.6 is 0 Å². The normalized spacial score (nSPS) is 14.1. The summed E-state index contributed by atoms with van der Waals surface area (Å²) in [7, 11) is 0. The van der Waals surface area contributed by atoms with Gasteiger partial charge in [0.15, 0.2) is 11.5 Å². The Hall–Kier alpha value is -2.34. The monoisotopic (exact) mass is 287 g/mol. The van der Waals surface area contributed by atoms with Crippen molar-refractivity contribution in [3.05, 3.63) is 51.9 Å². The Morgan fingerprint density at radius 3 is 2.95 bits per heavy atom. The average molecular weight is 287 g/mol. The molecular weight excluding hydrogens is 270 g/mol. The third-order valence-electron chi connectivity index (χ3n) is 3.45. The summed E-state index contributed by atoms with van der Waals surface area (Å²) >= 11 is 0. The number of hydrogen-bond acceptors (Lipinski definition) is 5. The standard InChI is InChI=1S/C15H17N3O3/c1-10(12-3-5-15(19)18-17-12)16-7-6-11-2-4-13-14(8-11)21-9-20-13/h2-5,8,10,16H,6-7,9H2,1H3,(H,18,19)/t10-/m0/s1. The van der Waals surface area contributed by atoms with E-state index in [4.69, 9.17) is 9.47 Å². The van der Waals surface area contributed by atoms with E-state index in [0.29, 0.717) is 6.79 Å². The highest BCUT2D eigenvalue weighted by molar-refractivity contribution is 5.44. The molecule has 1 aliphatic heterocycles. The van der Waals surface area contributed by atoms with Gasteiger partial charge in [0.1, 0.15) is 0 Å². The molecule has 21 heavy (non-hydrogen) atoms. The van der Waals surface area contributed by atoms with Gasteiger partial charge in [-0.1, -0.05) is 6.07 Å². The van der Waals surface area contributed by atoms with Crippen molar-refractivity contribution in [3.63, 3.8) is 0 Å². The Kier molecular flexibility index (Phi) is 3.87. The van der Waals surface area contributed by atoms with Crippen LogP contribution in [-0.2, 0) is 6.42 Å². The summed E-state index contributed by atoms with van der Waals surface area (Å²) in [6.45, 7) is 3.12. The second-order valence-corrected chi connectivity index (χ2v) is 4.96. The number of aromatic amines is 1. The second kappa shape index (κ2) is 5.97. The molecule has 6 nitrogen and oxygen atoms in total. The number of nitrogens with zero attached hydrogens (tertiary/aromatic N) is 1. The van der Waals surface area contributed by atoms with Gasteiger partial charge >= 0.3 is 0 Å². The van der Waals surface area contributed by atoms with Crippen molar-refractivity contribution in [2.24, 2.45) is 0 Å². The molecule has 0 amide bonds. The first kappa shape index (κ1) is 13.6. The average Bonchev–Trinajstić information content (AvgIpc) is 2.95. The lowest BCUT2D eigenvalue weighted by atomic mass is 10.1. The van der Waals surface area contributed by atoms with E-state index in [1.54, 1.807) is 6.07 Å². The maximum Gasteiger partial charge on any atom is 0.264 e. The first-order valence-corrected chi connectivity index (χ1v) is 6.90. The molecule has 0 saturated carbocycles. The minimum Gasteiger partial charge on any atom is -0.454 e. The number of hydrogen-bond donors (Lipinski definition) is 2. The van der Waals surface area contributed by atoms with Crippen molar-refractivity contribution in [1.82, 2.24) is 15.5 Å². The third-order valence-corrected chi connectivity index (χ3v) is 3.45. The topological polar surface area (TPSA) is 76.2 Å². The number of H-pyrrole nitrogens is 1. The molecule has 0 saturated heterocycles. The van der Waals surface area contributed by atoms with Gasteiger partial charge in [0.25, 0.3) is 5.56 Å². The minimum absolute atomic E-state index is 0.0795. The van der Waals surface area contributed by atoms with Crippen LogP contribution in [0.4, 0.5) is 0 Å². The molecule has 0 unspecified atom stereocenters. The van der Waals surface area contributed by atoms with E-state index in [9.17, 15) is 4.79 Å². The van der Waals surface area contributed by atoms with Gasteiger partial charge in [-0.2, -0.15) is 5.10 Å². The molecule has 0 aliphatic carbocycles. The van der Waals surface area contributed by atoms with Crippen molar-refractivity contribution in [2.45, 2.75) is 19.4 Å². The van der Waals surface area contributed by atoms with Crippen LogP contribution in [-0.4, -0.2) is 23.5 Å². The highest BCUT2D eigenvalue weighted by Crippen LogP contribution is 2.32. The summed E-state index contributed by atoms with van der Waals surface area (Å²) in [5, 5.41) is 9.83. The molecule has 2 N–H and O–H groups in total. The smallest absolute Gasteiger partial charge is 0.264 e. The maximum absolute atomic E-state index is 11.0. The maximum atomic E-state index is 11.0. The van der Waals surface area contributed by atoms with Crippen LogP contribution in [0, 0.1) is 0 Å². The molecule has 2 aromatic rings. The predicted molar refractivity (Wildman–Crippen MR) is 77.5 cm³/mol. The fraction of sp³-hybridized carbons (Fsp3) is 0.333. The molecule has 1 aromatic heterocycles. The largest absolute Gasteiger partial charge is 0.454 e. The molecule has 0 spiro atoms. The molecule has 110 valence electrons. The number of nitrogens with one attached hydrogen (secondary N) is 2. The molecule has 1 aromatic carbocycles. The van der Waals surface area contributed by atoms with Gasteiger partial charge in [0, 0.05) is 12.1 Å². The fourth-order valence-electron chi connectivity index (χ4n) is 2.23. The highest BCUT2D eigenvalue weighted by atomic mass is 16.7. The number of benzene rings is 1. The van der Waals surface area contributed by atoms with E-state index >= 15 is 0 Å². The van der Waals surface area contributed by atoms with E-state index in [-0.39, 0.29) is 11.6 Å². The number of rotatable bonds is 5. The van der Waals surface area contributed by atoms with Crippen molar-refractivity contribution in [1.29, 1.82) is 0 Å². The van der Waals surface area contributed by atoms with Gasteiger partial charge in [-0.25, -0.2) is 5.10 Å². The summed E-state index contributed by atoms with van der Waals surface area (Å²) in [5.74, 6) is 1.61. The van der Waals surface area contributed by atoms with Gasteiger partial charge in [-0.15, -0.1) is 0 Å². The van der Waals surface area contributed by atoms with Gasteiger partial charge in [-0.05, 0) is 43.7 Å². The molecule has 0 fully saturated rings. The van der Waals surface area contributed by atoms with Gasteiger partial charge in [-0.3, -0.25) is 4.79 Å². The van der Waals surface area contributed by atoms with E-state index in [2.05, 4.69) is 15.5 Å². The van der Waals surface area contributed by atoms with E-state index in [1.807, 2.05) is 25.1 Å². The van der Waals surface area contributed by atoms with Gasteiger partial charge in [0.2, 0.25) is 6.79 Å². The molecule has 2 heterocycles. The van der Waals surface area contributed by atoms with Crippen molar-refractivity contribution < 1.29 is 9.47 Å². The van der Waals surface area contributed by atoms with Crippen LogP contribution in [0.5, 0.6) is 11.5 Å². The van der Waals surface area contributed by atoms with E-state index in [0.717, 1.165) is 30.2 Å². The number of fused-ring (bicyclic) bond motifs is 1. The first-order valence-electron chi connectivity index (χ1n) is 6.90. The lowest BCUT2D eigenvalue weighted by Gasteiger charge is -2.12. The van der Waals surface area contributed by atoms with Crippen LogP contribution in [0.15, 0.2) is 35.1 Å². The third kappa shape index (κ3) is 3.22. The van der Waals surface area contributed by atoms with Crippen molar-refractivity contribution >= 4 is 0 Å². The quantitative estimate of drug-likeness (QED) is 0.869. The molecule has 3 rings (SSSR count). The van der Waals surface area contributed by atoms with E-state index < -0.39 is 0 Å². The summed E-state index contributed by atoms with van der Waals surface area (Å²) in [5.41, 5.74) is 1.82. The first-order chi connectivity index (χ1) is 10.2. The Morgan fingerprint density at radius 1 is 1.29 bits per heavy atom. The van der Waals surface area contributed by atoms with Crippen LogP contribution < -0.4 is 20.3 Å². The zero-order chi connectivity index (χ0) is 14.7. The lowest BCUT2D eigenvalue weighted by Crippen LogP contribution is -2.23. The Labute approximate surface area is 122 Å². The molecular formula is C15H17N3O3. The second-order valence-electron chi connectivity index (χ2n) is 4.96. The Morgan fingerprint density at radius 2 is 2.14 bits per heavy atom. The van der Waals surface area contributed by atoms with Crippen LogP contribution in [0.1, 0.15) is 24.2 Å². The highest BCUT2D eigenvalue weighted by Gasteiger charge is 2.13. The zero-order valence-corrected chi connectivity index (χ0v) is 11.8. The van der Waals surface area contributed by atoms with Gasteiger partial charge in [0.05, 0.1) is 5.69 Å². The molecule has 0 bridgehead atoms. The lowest BCUT2D eigenvalue weighted by molar-refractivity contribution is 0.174. The minimum atomic E-state index is -0.189. The zero-order valence-electron chi connectivity index (χ0n) is 11.8. The Bertz CT molecular complexity index is 664. The van der Waals surface area contributed by atoms with E-state index in [1.165, 1.54) is 11.6 Å². The number of aromatic nitrogens is 2. The summed E-state index contributed by atoms with van der Waals surface area (Å²) in [6.07, 6.45) is 0.879. The van der Waals surface area contributed by atoms with Crippen LogP contribution in [0.25, 0.3) is 0 Å². The number of ether oxygens (including phenoxy) is 2. The van der Waals surface area contributed by atoms with Crippen molar-refractivity contribution in [3.8, 4) is 11.5 Å². The fourth-order valence-corrected chi connectivity index (χ4v) is 2.23. The molecule has 6 heteroatoms. The summed E-state index contributed by atoms with van der Waals surface area (Å²) < 4.78 is 10.6. The molecule has 0 radical (unpaired) electrons. The summed E-state index contributed by atoms with van der Waals surface area (Å²) in [4.78, 5) is 11.0. The summed E-state index contributed by atoms with van der Waals surface area (Å²) in [6, 6.07) is 9.28. The molecule has 1 atom stereocenters. The molecule has 1 aliphatic rings. The SMILES string of the molecule is C[C@H](NCCc1ccc2c(c1)OCO2)c1ccc(=O)[nH]n1. The van der Waals surface area contributed by atoms with Crippen LogP contribution in [0.3, 0.4) is 0 Å². The van der Waals surface area contributed by atoms with Crippen LogP contribution in [0.2, 0.25) is 0 Å². The van der Waals surface area contributed by atoms with Gasteiger partial charge < -0.3 is 14.8 Å². The Balaban J connectivity index is 1.53.